The lowest BCUT2D eigenvalue weighted by Crippen LogP contribution is -2.18. The number of rotatable bonds is 4. The van der Waals surface area contributed by atoms with Gasteiger partial charge in [-0.1, -0.05) is 11.6 Å². The van der Waals surface area contributed by atoms with Crippen LogP contribution in [-0.4, -0.2) is 12.6 Å². The van der Waals surface area contributed by atoms with E-state index in [4.69, 9.17) is 22.1 Å². The molecule has 2 N–H and O–H groups in total. The van der Waals surface area contributed by atoms with E-state index in [2.05, 4.69) is 6.92 Å². The minimum Gasteiger partial charge on any atom is -0.492 e. The molecule has 0 amide bonds. The van der Waals surface area contributed by atoms with Crippen molar-refractivity contribution < 1.29 is 4.74 Å². The Balaban J connectivity index is 0.00000256. The highest BCUT2D eigenvalue weighted by atomic mass is 35.5. The minimum atomic E-state index is 0. The van der Waals surface area contributed by atoms with Gasteiger partial charge in [0.15, 0.2) is 0 Å². The van der Waals surface area contributed by atoms with E-state index in [-0.39, 0.29) is 18.4 Å². The molecule has 17 heavy (non-hydrogen) atoms. The summed E-state index contributed by atoms with van der Waals surface area (Å²) >= 11 is 6.20. The first-order valence-electron chi connectivity index (χ1n) is 5.64. The van der Waals surface area contributed by atoms with Gasteiger partial charge in [-0.3, -0.25) is 0 Å². The van der Waals surface area contributed by atoms with Crippen molar-refractivity contribution in [2.45, 2.75) is 40.2 Å². The molecule has 0 aliphatic carbocycles. The Morgan fingerprint density at radius 3 is 2.41 bits per heavy atom. The molecule has 0 bridgehead atoms. The molecule has 0 fully saturated rings. The molecule has 0 aromatic heterocycles. The van der Waals surface area contributed by atoms with E-state index in [0.717, 1.165) is 17.7 Å². The highest BCUT2D eigenvalue weighted by Gasteiger charge is 2.13. The molecule has 98 valence electrons. The van der Waals surface area contributed by atoms with Crippen LogP contribution in [0.1, 0.15) is 30.5 Å². The van der Waals surface area contributed by atoms with Crippen LogP contribution in [0.2, 0.25) is 5.02 Å². The van der Waals surface area contributed by atoms with Crippen LogP contribution in [0.15, 0.2) is 6.07 Å². The zero-order chi connectivity index (χ0) is 12.3. The van der Waals surface area contributed by atoms with Crippen molar-refractivity contribution in [2.24, 2.45) is 5.73 Å². The molecular formula is C13H21Cl2NO. The predicted molar refractivity (Wildman–Crippen MR) is 76.7 cm³/mol. The molecule has 4 heteroatoms. The van der Waals surface area contributed by atoms with Gasteiger partial charge in [-0.2, -0.15) is 0 Å². The van der Waals surface area contributed by atoms with Gasteiger partial charge in [0, 0.05) is 6.04 Å². The molecule has 0 aliphatic rings. The fraction of sp³-hybridized carbons (Fsp3) is 0.538. The summed E-state index contributed by atoms with van der Waals surface area (Å²) in [5, 5.41) is 0.681. The minimum absolute atomic E-state index is 0. The Hall–Kier alpha value is -0.440. The molecule has 0 saturated heterocycles. The summed E-state index contributed by atoms with van der Waals surface area (Å²) in [4.78, 5) is 0. The van der Waals surface area contributed by atoms with Gasteiger partial charge in [-0.05, 0) is 56.9 Å². The van der Waals surface area contributed by atoms with Crippen LogP contribution < -0.4 is 10.5 Å². The molecule has 0 heterocycles. The lowest BCUT2D eigenvalue weighted by Gasteiger charge is -2.16. The number of hydrogen-bond donors (Lipinski definition) is 1. The Morgan fingerprint density at radius 1 is 1.35 bits per heavy atom. The van der Waals surface area contributed by atoms with Crippen molar-refractivity contribution in [1.82, 2.24) is 0 Å². The van der Waals surface area contributed by atoms with Crippen LogP contribution in [0.5, 0.6) is 5.75 Å². The molecular weight excluding hydrogens is 257 g/mol. The van der Waals surface area contributed by atoms with E-state index >= 15 is 0 Å². The quantitative estimate of drug-likeness (QED) is 0.912. The van der Waals surface area contributed by atoms with Gasteiger partial charge in [0.05, 0.1) is 11.6 Å². The molecule has 2 nitrogen and oxygen atoms in total. The third-order valence-electron chi connectivity index (χ3n) is 2.73. The molecule has 1 unspecified atom stereocenters. The van der Waals surface area contributed by atoms with Crippen LogP contribution in [0, 0.1) is 13.8 Å². The summed E-state index contributed by atoms with van der Waals surface area (Å²) in [6, 6.07) is 2.12. The highest BCUT2D eigenvalue weighted by molar-refractivity contribution is 6.32. The molecule has 0 radical (unpaired) electrons. The molecule has 1 aromatic rings. The Kier molecular flexibility index (Phi) is 6.91. The Labute approximate surface area is 115 Å². The third-order valence-corrected chi connectivity index (χ3v) is 3.01. The lowest BCUT2D eigenvalue weighted by atomic mass is 9.97. The summed E-state index contributed by atoms with van der Waals surface area (Å²) in [6.07, 6.45) is 0.846. The van der Waals surface area contributed by atoms with Crippen LogP contribution in [0.25, 0.3) is 0 Å². The van der Waals surface area contributed by atoms with Gasteiger partial charge in [-0.25, -0.2) is 0 Å². The first-order chi connectivity index (χ1) is 7.47. The Morgan fingerprint density at radius 2 is 1.94 bits per heavy atom. The topological polar surface area (TPSA) is 35.2 Å². The molecule has 1 atom stereocenters. The van der Waals surface area contributed by atoms with Crippen LogP contribution in [-0.2, 0) is 6.42 Å². The van der Waals surface area contributed by atoms with E-state index in [0.29, 0.717) is 11.6 Å². The molecule has 0 aliphatic heterocycles. The van der Waals surface area contributed by atoms with Crippen LogP contribution in [0.3, 0.4) is 0 Å². The monoisotopic (exact) mass is 277 g/mol. The third kappa shape index (κ3) is 4.06. The number of ether oxygens (including phenoxy) is 1. The smallest absolute Gasteiger partial charge is 0.141 e. The van der Waals surface area contributed by atoms with Crippen LogP contribution >= 0.6 is 24.0 Å². The highest BCUT2D eigenvalue weighted by Crippen LogP contribution is 2.33. The zero-order valence-corrected chi connectivity index (χ0v) is 12.4. The molecule has 0 saturated carbocycles. The zero-order valence-electron chi connectivity index (χ0n) is 10.8. The summed E-state index contributed by atoms with van der Waals surface area (Å²) in [5.74, 6) is 0.801. The SMILES string of the molecule is CCOc1c(Cl)cc(CC(C)N)c(C)c1C.Cl. The lowest BCUT2D eigenvalue weighted by molar-refractivity contribution is 0.337. The van der Waals surface area contributed by atoms with Gasteiger partial charge < -0.3 is 10.5 Å². The van der Waals surface area contributed by atoms with Crippen LogP contribution in [0.4, 0.5) is 0 Å². The van der Waals surface area contributed by atoms with Gasteiger partial charge in [-0.15, -0.1) is 12.4 Å². The van der Waals surface area contributed by atoms with Gasteiger partial charge in [0.2, 0.25) is 0 Å². The van der Waals surface area contributed by atoms with E-state index in [1.807, 2.05) is 26.8 Å². The summed E-state index contributed by atoms with van der Waals surface area (Å²) in [5.41, 5.74) is 9.37. The number of hydrogen-bond acceptors (Lipinski definition) is 2. The predicted octanol–water partition coefficient (Wildman–Crippen LogP) is 3.67. The number of nitrogens with two attached hydrogens (primary N) is 1. The fourth-order valence-electron chi connectivity index (χ4n) is 1.80. The van der Waals surface area contributed by atoms with Crippen molar-refractivity contribution in [2.75, 3.05) is 6.61 Å². The summed E-state index contributed by atoms with van der Waals surface area (Å²) in [7, 11) is 0. The standard InChI is InChI=1S/C13H20ClNO.ClH/c1-5-16-13-10(4)9(3)11(6-8(2)15)7-12(13)14;/h7-8H,5-6,15H2,1-4H3;1H. The van der Waals surface area contributed by atoms with Crippen molar-refractivity contribution in [3.05, 3.63) is 27.8 Å². The van der Waals surface area contributed by atoms with Gasteiger partial charge in [0.1, 0.15) is 5.75 Å². The Bertz CT molecular complexity index is 378. The van der Waals surface area contributed by atoms with E-state index in [1.165, 1.54) is 11.1 Å². The maximum atomic E-state index is 6.20. The van der Waals surface area contributed by atoms with Gasteiger partial charge >= 0.3 is 0 Å². The van der Waals surface area contributed by atoms with Crippen molar-refractivity contribution >= 4 is 24.0 Å². The van der Waals surface area contributed by atoms with Crippen molar-refractivity contribution in [1.29, 1.82) is 0 Å². The number of halogens is 2. The normalized spacial score (nSPS) is 11.9. The van der Waals surface area contributed by atoms with Crippen molar-refractivity contribution in [3.63, 3.8) is 0 Å². The second-order valence-electron chi connectivity index (χ2n) is 4.21. The average Bonchev–Trinajstić information content (AvgIpc) is 2.20. The maximum Gasteiger partial charge on any atom is 0.141 e. The summed E-state index contributed by atoms with van der Waals surface area (Å²) in [6.45, 7) is 8.72. The largest absolute Gasteiger partial charge is 0.492 e. The number of benzene rings is 1. The first-order valence-corrected chi connectivity index (χ1v) is 6.02. The van der Waals surface area contributed by atoms with Crippen molar-refractivity contribution in [3.8, 4) is 5.75 Å². The average molecular weight is 278 g/mol. The first kappa shape index (κ1) is 16.6. The maximum absolute atomic E-state index is 6.20. The molecule has 0 spiro atoms. The second kappa shape index (κ2) is 7.10. The van der Waals surface area contributed by atoms with Gasteiger partial charge in [0.25, 0.3) is 0 Å². The molecule has 1 aromatic carbocycles. The van der Waals surface area contributed by atoms with E-state index in [1.54, 1.807) is 0 Å². The fourth-order valence-corrected chi connectivity index (χ4v) is 2.13. The molecule has 1 rings (SSSR count). The van der Waals surface area contributed by atoms with E-state index in [9.17, 15) is 0 Å². The summed E-state index contributed by atoms with van der Waals surface area (Å²) < 4.78 is 5.55. The van der Waals surface area contributed by atoms with E-state index < -0.39 is 0 Å². The second-order valence-corrected chi connectivity index (χ2v) is 4.62.